The summed E-state index contributed by atoms with van der Waals surface area (Å²) in [5.74, 6) is 5.87. The number of aromatic nitrogens is 6. The van der Waals surface area contributed by atoms with E-state index in [2.05, 4.69) is 46.4 Å². The summed E-state index contributed by atoms with van der Waals surface area (Å²) in [6, 6.07) is 11.6. The number of fused-ring (bicyclic) bond motifs is 2. The van der Waals surface area contributed by atoms with Crippen molar-refractivity contribution in [1.29, 1.82) is 0 Å². The van der Waals surface area contributed by atoms with Crippen molar-refractivity contribution in [3.63, 3.8) is 0 Å². The van der Waals surface area contributed by atoms with Crippen molar-refractivity contribution in [3.05, 3.63) is 101 Å². The number of aryl methyl sites for hydroxylation is 2. The van der Waals surface area contributed by atoms with Gasteiger partial charge in [-0.3, -0.25) is 28.5 Å². The van der Waals surface area contributed by atoms with Crippen molar-refractivity contribution in [1.82, 2.24) is 39.3 Å². The Morgan fingerprint density at radius 1 is 1.09 bits per heavy atom. The van der Waals surface area contributed by atoms with Gasteiger partial charge in [-0.1, -0.05) is 31.0 Å². The first-order chi connectivity index (χ1) is 32.1. The van der Waals surface area contributed by atoms with Gasteiger partial charge in [0.25, 0.3) is 5.91 Å². The Bertz CT molecular complexity index is 2670. The molecule has 3 atom stereocenters. The number of pyridine rings is 1. The van der Waals surface area contributed by atoms with Crippen molar-refractivity contribution in [2.75, 3.05) is 42.7 Å². The Kier molecular flexibility index (Phi) is 17.0. The summed E-state index contributed by atoms with van der Waals surface area (Å²) < 4.78 is 18.1. The number of rotatable bonds is 26. The number of nitrogens with one attached hydrogen (secondary N) is 4. The van der Waals surface area contributed by atoms with Crippen LogP contribution in [0.4, 0.5) is 21.7 Å². The second-order valence-electron chi connectivity index (χ2n) is 15.9. The lowest BCUT2D eigenvalue weighted by Crippen LogP contribution is -2.36. The molecule has 4 aromatic heterocycles. The van der Waals surface area contributed by atoms with Crippen LogP contribution in [0.3, 0.4) is 0 Å². The predicted octanol–water partition coefficient (Wildman–Crippen LogP) is 4.41. The maximum atomic E-state index is 13.6. The SMILES string of the molecule is CNC(=O)C(CCC=O)n1c(=O)n(C)c2c(CCCCCCN=C/C(CCCNc3cc(N/C(C=O)=C/C=C\N(C)c4ccccn4)nn4c(C(=O)N[C@@H]5C[C@@H]5F)cnc34)=N\N)cccc21. The number of allylic oxidation sites excluding steroid dienone is 3. The number of benzene rings is 1. The van der Waals surface area contributed by atoms with Crippen LogP contribution in [0.5, 0.6) is 0 Å². The van der Waals surface area contributed by atoms with E-state index in [1.165, 1.54) is 22.3 Å². The highest BCUT2D eigenvalue weighted by molar-refractivity contribution is 6.30. The minimum absolute atomic E-state index is 0.108. The number of para-hydroxylation sites is 1. The highest BCUT2D eigenvalue weighted by atomic mass is 19.1. The van der Waals surface area contributed by atoms with Crippen molar-refractivity contribution >= 4 is 70.3 Å². The fourth-order valence-electron chi connectivity index (χ4n) is 7.53. The van der Waals surface area contributed by atoms with Gasteiger partial charge in [-0.25, -0.2) is 23.7 Å². The van der Waals surface area contributed by atoms with E-state index in [1.54, 1.807) is 53.3 Å². The van der Waals surface area contributed by atoms with E-state index in [0.29, 0.717) is 54.8 Å². The van der Waals surface area contributed by atoms with Crippen LogP contribution < -0.4 is 37.7 Å². The molecule has 4 heterocycles. The Morgan fingerprint density at radius 3 is 2.64 bits per heavy atom. The summed E-state index contributed by atoms with van der Waals surface area (Å²) in [5, 5.41) is 20.1. The van der Waals surface area contributed by atoms with Crippen molar-refractivity contribution in [2.45, 2.75) is 82.5 Å². The van der Waals surface area contributed by atoms with Gasteiger partial charge in [0.1, 0.15) is 24.3 Å². The number of carbonyl (C=O) groups excluding carboxylic acids is 4. The summed E-state index contributed by atoms with van der Waals surface area (Å²) >= 11 is 0. The molecule has 20 heteroatoms. The van der Waals surface area contributed by atoms with Crippen LogP contribution in [0.15, 0.2) is 93.8 Å². The third kappa shape index (κ3) is 12.2. The van der Waals surface area contributed by atoms with E-state index in [0.717, 1.165) is 55.3 Å². The molecule has 1 aliphatic rings. The number of amides is 2. The second-order valence-corrected chi connectivity index (χ2v) is 15.9. The maximum absolute atomic E-state index is 13.6. The van der Waals surface area contributed by atoms with Gasteiger partial charge < -0.3 is 36.8 Å². The molecule has 66 heavy (non-hydrogen) atoms. The minimum atomic E-state index is -1.09. The number of unbranched alkanes of at least 4 members (excludes halogenated alkanes) is 3. The minimum Gasteiger partial charge on any atom is -0.382 e. The fraction of sp³-hybridized carbons (Fsp3) is 0.391. The van der Waals surface area contributed by atoms with Crippen molar-refractivity contribution in [3.8, 4) is 0 Å². The van der Waals surface area contributed by atoms with Crippen LogP contribution in [0.25, 0.3) is 16.7 Å². The lowest BCUT2D eigenvalue weighted by Gasteiger charge is -2.16. The molecule has 1 aromatic carbocycles. The molecular formula is C46H57FN14O5. The number of hydrogen-bond acceptors (Lipinski definition) is 14. The quantitative estimate of drug-likeness (QED) is 0.00987. The number of hydrazone groups is 1. The normalized spacial score (nSPS) is 15.6. The van der Waals surface area contributed by atoms with Gasteiger partial charge in [-0.2, -0.15) is 5.10 Å². The number of alkyl halides is 1. The number of imidazole rings is 2. The average molecular weight is 905 g/mol. The predicted molar refractivity (Wildman–Crippen MR) is 254 cm³/mol. The Hall–Kier alpha value is -7.51. The molecule has 0 radical (unpaired) electrons. The first-order valence-corrected chi connectivity index (χ1v) is 22.0. The van der Waals surface area contributed by atoms with Crippen molar-refractivity contribution in [2.24, 2.45) is 23.0 Å². The molecule has 0 bridgehead atoms. The summed E-state index contributed by atoms with van der Waals surface area (Å²) in [7, 11) is 5.06. The molecule has 1 fully saturated rings. The third-order valence-electron chi connectivity index (χ3n) is 11.1. The topological polar surface area (TPSA) is 240 Å². The smallest absolute Gasteiger partial charge is 0.329 e. The summed E-state index contributed by atoms with van der Waals surface area (Å²) in [5.41, 5.74) is 4.03. The van der Waals surface area contributed by atoms with E-state index in [9.17, 15) is 28.4 Å². The van der Waals surface area contributed by atoms with Gasteiger partial charge in [0.15, 0.2) is 23.4 Å². The zero-order valence-corrected chi connectivity index (χ0v) is 37.4. The number of hydrogen-bond donors (Lipinski definition) is 5. The van der Waals surface area contributed by atoms with Gasteiger partial charge in [-0.05, 0) is 74.4 Å². The molecule has 1 saturated carbocycles. The van der Waals surface area contributed by atoms with E-state index in [4.69, 9.17) is 5.84 Å². The number of halogens is 1. The van der Waals surface area contributed by atoms with E-state index in [-0.39, 0.29) is 48.1 Å². The van der Waals surface area contributed by atoms with Gasteiger partial charge in [0.2, 0.25) is 5.91 Å². The standard InChI is InChI=1S/C46H57FN14O5/c1-49-44(64)38(19-13-25-62)60-37-18-10-15-31(42(37)59(3)46(60)66)14-6-4-5-8-21-50-28-32(56-48)16-11-23-51-36-27-40(54-33(30-63)17-12-24-58(2)41-20-7-9-22-52-41)57-61-39(29-53-43(36)61)45(65)55-35-26-34(35)47/h7,9-10,12,15,17-18,20,22,24-25,27-30,34-35,38,51H,4-6,8,11,13-14,16,19,21,23,26,48H2,1-3H3,(H,49,64)(H,54,57)(H,55,65)/b24-12-,33-17+,50-28?,56-32-/t34-,35+,38?/m0/s1. The Labute approximate surface area is 381 Å². The van der Waals surface area contributed by atoms with E-state index in [1.807, 2.05) is 43.4 Å². The Morgan fingerprint density at radius 2 is 1.91 bits per heavy atom. The van der Waals surface area contributed by atoms with E-state index < -0.39 is 24.2 Å². The lowest BCUT2D eigenvalue weighted by molar-refractivity contribution is -0.124. The molecule has 0 saturated heterocycles. The third-order valence-corrected chi connectivity index (χ3v) is 11.1. The molecule has 6 N–H and O–H groups in total. The van der Waals surface area contributed by atoms with Gasteiger partial charge in [0, 0.05) is 71.8 Å². The molecule has 5 aromatic rings. The second kappa shape index (κ2) is 23.4. The molecule has 1 aliphatic carbocycles. The molecule has 1 unspecified atom stereocenters. The number of likely N-dealkylation sites (N-methyl/N-ethyl adjacent to an activating group) is 1. The summed E-state index contributed by atoms with van der Waals surface area (Å²) in [6.07, 6.45) is 16.3. The highest BCUT2D eigenvalue weighted by Gasteiger charge is 2.39. The molecule has 0 aliphatic heterocycles. The number of carbonyl (C=O) groups is 4. The van der Waals surface area contributed by atoms with Gasteiger partial charge in [-0.15, -0.1) is 5.10 Å². The monoisotopic (exact) mass is 904 g/mol. The summed E-state index contributed by atoms with van der Waals surface area (Å²) in [4.78, 5) is 77.4. The van der Waals surface area contributed by atoms with Gasteiger partial charge in [0.05, 0.1) is 40.4 Å². The molecule has 0 spiro atoms. The molecular weight excluding hydrogens is 848 g/mol. The zero-order chi connectivity index (χ0) is 47.0. The summed E-state index contributed by atoms with van der Waals surface area (Å²) in [6.45, 7) is 1.07. The van der Waals surface area contributed by atoms with Crippen LogP contribution in [0.1, 0.15) is 79.9 Å². The highest BCUT2D eigenvalue weighted by Crippen LogP contribution is 2.27. The van der Waals surface area contributed by atoms with Crippen LogP contribution in [-0.4, -0.2) is 104 Å². The largest absolute Gasteiger partial charge is 0.382 e. The van der Waals surface area contributed by atoms with Gasteiger partial charge >= 0.3 is 5.69 Å². The van der Waals surface area contributed by atoms with Crippen LogP contribution in [0, 0.1) is 0 Å². The average Bonchev–Trinajstić information content (AvgIpc) is 3.73. The molecule has 19 nitrogen and oxygen atoms in total. The molecule has 2 amide bonds. The fourth-order valence-corrected chi connectivity index (χ4v) is 7.53. The lowest BCUT2D eigenvalue weighted by atomic mass is 10.0. The zero-order valence-electron chi connectivity index (χ0n) is 37.4. The van der Waals surface area contributed by atoms with Crippen molar-refractivity contribution < 1.29 is 23.6 Å². The molecule has 348 valence electrons. The van der Waals surface area contributed by atoms with E-state index >= 15 is 0 Å². The Balaban J connectivity index is 1.00. The maximum Gasteiger partial charge on any atom is 0.329 e. The number of nitrogens with two attached hydrogens (primary N) is 1. The number of aldehydes is 2. The van der Waals surface area contributed by atoms with Crippen LogP contribution in [-0.2, 0) is 27.9 Å². The number of anilines is 3. The molecule has 6 rings (SSSR count). The number of nitrogens with zero attached hydrogens (tertiary/aromatic N) is 9. The number of aliphatic imine (C=N–C) groups is 1. The van der Waals surface area contributed by atoms with Crippen LogP contribution >= 0.6 is 0 Å². The first-order valence-electron chi connectivity index (χ1n) is 22.0. The van der Waals surface area contributed by atoms with Crippen LogP contribution in [0.2, 0.25) is 0 Å². The first kappa shape index (κ1) is 48.0.